The van der Waals surface area contributed by atoms with Crippen molar-refractivity contribution in [3.05, 3.63) is 35.4 Å². The van der Waals surface area contributed by atoms with Gasteiger partial charge in [0.1, 0.15) is 0 Å². The van der Waals surface area contributed by atoms with Gasteiger partial charge in [-0.15, -0.1) is 0 Å². The van der Waals surface area contributed by atoms with E-state index in [-0.39, 0.29) is 5.91 Å². The van der Waals surface area contributed by atoms with E-state index >= 15 is 0 Å². The number of benzene rings is 1. The summed E-state index contributed by atoms with van der Waals surface area (Å²) >= 11 is 0. The number of rotatable bonds is 4. The quantitative estimate of drug-likeness (QED) is 0.885. The third kappa shape index (κ3) is 3.10. The third-order valence-electron chi connectivity index (χ3n) is 3.27. The molecule has 2 N–H and O–H groups in total. The summed E-state index contributed by atoms with van der Waals surface area (Å²) < 4.78 is 0. The van der Waals surface area contributed by atoms with Crippen LogP contribution >= 0.6 is 0 Å². The Hall–Kier alpha value is -1.35. The third-order valence-corrected chi connectivity index (χ3v) is 3.27. The number of aryl methyl sites for hydroxylation is 1. The van der Waals surface area contributed by atoms with Gasteiger partial charge in [-0.05, 0) is 39.2 Å². The molecule has 2 rings (SSSR count). The van der Waals surface area contributed by atoms with Crippen molar-refractivity contribution in [2.24, 2.45) is 5.73 Å². The zero-order valence-electron chi connectivity index (χ0n) is 11.4. The van der Waals surface area contributed by atoms with Crippen LogP contribution < -0.4 is 5.73 Å². The van der Waals surface area contributed by atoms with E-state index in [9.17, 15) is 4.79 Å². The number of nitrogens with two attached hydrogens (primary N) is 1. The molecule has 18 heavy (non-hydrogen) atoms. The Kier molecular flexibility index (Phi) is 3.44. The summed E-state index contributed by atoms with van der Waals surface area (Å²) in [5, 5.41) is 0. The SMILES string of the molecule is Cc1ccc(CN(C(=O)C(C)(C)N)C2CC2)cc1. The maximum Gasteiger partial charge on any atom is 0.242 e. The van der Waals surface area contributed by atoms with Gasteiger partial charge in [-0.2, -0.15) is 0 Å². The van der Waals surface area contributed by atoms with Crippen molar-refractivity contribution in [1.82, 2.24) is 4.90 Å². The minimum atomic E-state index is -0.784. The Bertz CT molecular complexity index is 427. The van der Waals surface area contributed by atoms with Crippen molar-refractivity contribution >= 4 is 5.91 Å². The molecule has 0 bridgehead atoms. The fourth-order valence-corrected chi connectivity index (χ4v) is 2.01. The van der Waals surface area contributed by atoms with Crippen molar-refractivity contribution < 1.29 is 4.79 Å². The fraction of sp³-hybridized carbons (Fsp3) is 0.533. The Morgan fingerprint density at radius 1 is 1.33 bits per heavy atom. The van der Waals surface area contributed by atoms with Gasteiger partial charge in [0.25, 0.3) is 0 Å². The summed E-state index contributed by atoms with van der Waals surface area (Å²) in [4.78, 5) is 14.3. The molecule has 1 aromatic carbocycles. The van der Waals surface area contributed by atoms with E-state index in [0.29, 0.717) is 12.6 Å². The molecule has 1 amide bonds. The number of hydrogen-bond donors (Lipinski definition) is 1. The lowest BCUT2D eigenvalue weighted by Crippen LogP contribution is -2.51. The van der Waals surface area contributed by atoms with Crippen LogP contribution in [0.2, 0.25) is 0 Å². The Labute approximate surface area is 109 Å². The molecule has 1 aromatic rings. The largest absolute Gasteiger partial charge is 0.334 e. The average molecular weight is 246 g/mol. The predicted molar refractivity (Wildman–Crippen MR) is 73.0 cm³/mol. The molecule has 3 heteroatoms. The van der Waals surface area contributed by atoms with E-state index in [2.05, 4.69) is 31.2 Å². The van der Waals surface area contributed by atoms with Gasteiger partial charge in [0.2, 0.25) is 5.91 Å². The van der Waals surface area contributed by atoms with Crippen LogP contribution in [0.1, 0.15) is 37.8 Å². The lowest BCUT2D eigenvalue weighted by Gasteiger charge is -2.29. The van der Waals surface area contributed by atoms with Crippen molar-refractivity contribution in [2.45, 2.75) is 51.7 Å². The molecule has 0 unspecified atom stereocenters. The fourth-order valence-electron chi connectivity index (χ4n) is 2.01. The molecule has 0 radical (unpaired) electrons. The van der Waals surface area contributed by atoms with E-state index in [1.807, 2.05) is 4.90 Å². The van der Waals surface area contributed by atoms with Crippen LogP contribution in [0.4, 0.5) is 0 Å². The Balaban J connectivity index is 2.12. The minimum Gasteiger partial charge on any atom is -0.334 e. The minimum absolute atomic E-state index is 0.0468. The second-order valence-corrected chi connectivity index (χ2v) is 5.87. The smallest absolute Gasteiger partial charge is 0.242 e. The topological polar surface area (TPSA) is 46.3 Å². The molecule has 0 saturated heterocycles. The van der Waals surface area contributed by atoms with E-state index in [0.717, 1.165) is 12.8 Å². The summed E-state index contributed by atoms with van der Waals surface area (Å²) in [6, 6.07) is 8.72. The van der Waals surface area contributed by atoms with Gasteiger partial charge in [-0.25, -0.2) is 0 Å². The standard InChI is InChI=1S/C15H22N2O/c1-11-4-6-12(7-5-11)10-17(13-8-9-13)14(18)15(2,3)16/h4-7,13H,8-10,16H2,1-3H3. The molecule has 1 aliphatic rings. The molecule has 1 aliphatic carbocycles. The molecule has 0 aliphatic heterocycles. The first kappa shape index (κ1) is 13.1. The second-order valence-electron chi connectivity index (χ2n) is 5.87. The van der Waals surface area contributed by atoms with Gasteiger partial charge in [0.15, 0.2) is 0 Å². The van der Waals surface area contributed by atoms with Crippen LogP contribution in [0.15, 0.2) is 24.3 Å². The highest BCUT2D eigenvalue weighted by molar-refractivity contribution is 5.85. The summed E-state index contributed by atoms with van der Waals surface area (Å²) in [5.41, 5.74) is 7.56. The molecule has 0 aromatic heterocycles. The maximum absolute atomic E-state index is 12.3. The van der Waals surface area contributed by atoms with E-state index in [1.165, 1.54) is 11.1 Å². The average Bonchev–Trinajstić information content (AvgIpc) is 3.10. The van der Waals surface area contributed by atoms with E-state index in [1.54, 1.807) is 13.8 Å². The van der Waals surface area contributed by atoms with Gasteiger partial charge in [-0.1, -0.05) is 29.8 Å². The number of carbonyl (C=O) groups is 1. The number of carbonyl (C=O) groups excluding carboxylic acids is 1. The normalized spacial score (nSPS) is 15.6. The molecule has 0 heterocycles. The number of amides is 1. The van der Waals surface area contributed by atoms with E-state index in [4.69, 9.17) is 5.73 Å². The monoisotopic (exact) mass is 246 g/mol. The Morgan fingerprint density at radius 3 is 2.33 bits per heavy atom. The highest BCUT2D eigenvalue weighted by atomic mass is 16.2. The van der Waals surface area contributed by atoms with Crippen LogP contribution in [0, 0.1) is 6.92 Å². The van der Waals surface area contributed by atoms with Crippen molar-refractivity contribution in [3.63, 3.8) is 0 Å². The molecule has 3 nitrogen and oxygen atoms in total. The lowest BCUT2D eigenvalue weighted by atomic mass is 10.0. The van der Waals surface area contributed by atoms with Gasteiger partial charge in [0.05, 0.1) is 5.54 Å². The van der Waals surface area contributed by atoms with Gasteiger partial charge < -0.3 is 10.6 Å². The molecule has 98 valence electrons. The molecule has 0 spiro atoms. The summed E-state index contributed by atoms with van der Waals surface area (Å²) in [7, 11) is 0. The lowest BCUT2D eigenvalue weighted by molar-refractivity contribution is -0.137. The highest BCUT2D eigenvalue weighted by Crippen LogP contribution is 2.30. The molecule has 1 saturated carbocycles. The molecule has 0 atom stereocenters. The predicted octanol–water partition coefficient (Wildman–Crippen LogP) is 2.22. The summed E-state index contributed by atoms with van der Waals surface area (Å²) in [6.45, 7) is 6.29. The zero-order valence-corrected chi connectivity index (χ0v) is 11.4. The van der Waals surface area contributed by atoms with Crippen LogP contribution in [-0.2, 0) is 11.3 Å². The summed E-state index contributed by atoms with van der Waals surface area (Å²) in [6.07, 6.45) is 2.21. The van der Waals surface area contributed by atoms with Crippen molar-refractivity contribution in [1.29, 1.82) is 0 Å². The van der Waals surface area contributed by atoms with Crippen molar-refractivity contribution in [3.8, 4) is 0 Å². The van der Waals surface area contributed by atoms with Gasteiger partial charge >= 0.3 is 0 Å². The number of hydrogen-bond acceptors (Lipinski definition) is 2. The molecule has 1 fully saturated rings. The first-order valence-electron chi connectivity index (χ1n) is 6.53. The van der Waals surface area contributed by atoms with Gasteiger partial charge in [0, 0.05) is 12.6 Å². The number of nitrogens with zero attached hydrogens (tertiary/aromatic N) is 1. The van der Waals surface area contributed by atoms with Crippen LogP contribution in [-0.4, -0.2) is 22.4 Å². The van der Waals surface area contributed by atoms with Crippen molar-refractivity contribution in [2.75, 3.05) is 0 Å². The zero-order chi connectivity index (χ0) is 13.3. The Morgan fingerprint density at radius 2 is 1.89 bits per heavy atom. The highest BCUT2D eigenvalue weighted by Gasteiger charge is 2.37. The van der Waals surface area contributed by atoms with Crippen LogP contribution in [0.5, 0.6) is 0 Å². The van der Waals surface area contributed by atoms with Crippen LogP contribution in [0.3, 0.4) is 0 Å². The van der Waals surface area contributed by atoms with Crippen LogP contribution in [0.25, 0.3) is 0 Å². The second kappa shape index (κ2) is 4.73. The first-order valence-corrected chi connectivity index (χ1v) is 6.53. The summed E-state index contributed by atoms with van der Waals surface area (Å²) in [5.74, 6) is 0.0468. The van der Waals surface area contributed by atoms with E-state index < -0.39 is 5.54 Å². The maximum atomic E-state index is 12.3. The van der Waals surface area contributed by atoms with Gasteiger partial charge in [-0.3, -0.25) is 4.79 Å². The molecular weight excluding hydrogens is 224 g/mol. The molecular formula is C15H22N2O. The first-order chi connectivity index (χ1) is 8.38.